The van der Waals surface area contributed by atoms with Gasteiger partial charge < -0.3 is 57.5 Å². The van der Waals surface area contributed by atoms with Crippen LogP contribution in [0.3, 0.4) is 0 Å². The van der Waals surface area contributed by atoms with Gasteiger partial charge in [0.05, 0.1) is 25.9 Å². The summed E-state index contributed by atoms with van der Waals surface area (Å²) in [6, 6.07) is 0. The zero-order valence-electron chi connectivity index (χ0n) is 27.0. The molecule has 2 aliphatic rings. The smallest absolute Gasteiger partial charge is 1.00 e. The molecular formula is C20H28N10NaO18P3. The van der Waals surface area contributed by atoms with E-state index in [1.54, 1.807) is 0 Å². The second-order valence-electron chi connectivity index (χ2n) is 10.8. The third-order valence-corrected chi connectivity index (χ3v) is 11.6. The standard InChI is InChI=1S/C20H27N10O18P3.Na.H/c21-19-25-13-7(15(35)27-19)23-3-29(13)17-11(33)9(31)5(45-17)1-43-51(42,48-50(40,41)47-49(37,38)39)44-2-6-10(32)12(34)18(46-6)30-4-24-8-14(30)26-20(22)28-16(8)36;;/h3-6,9-12,17-18,31-34H,1-2H2,(H,40,41)(H2,37,38,39)(H3,21,25,27,35)(H3,22,26,28,36);;/q;+1;-1/t5-,6-,9?,10?,11?,12?,17-,18-,51?;;/m1../s1. The van der Waals surface area contributed by atoms with Crippen LogP contribution in [-0.2, 0) is 40.8 Å². The number of hydrogen-bond acceptors (Lipinski definition) is 21. The van der Waals surface area contributed by atoms with Crippen molar-refractivity contribution in [2.45, 2.75) is 49.1 Å². The number of rotatable bonds is 12. The zero-order chi connectivity index (χ0) is 37.2. The number of ether oxygens (including phenoxy) is 2. The summed E-state index contributed by atoms with van der Waals surface area (Å²) in [6.45, 7) is -2.21. The number of imidazole rings is 2. The number of aliphatic hydroxyl groups excluding tert-OH is 4. The third kappa shape index (κ3) is 8.25. The van der Waals surface area contributed by atoms with E-state index in [1.807, 2.05) is 0 Å². The fourth-order valence-corrected chi connectivity index (χ4v) is 8.73. The van der Waals surface area contributed by atoms with Crippen LogP contribution in [0.5, 0.6) is 0 Å². The topological polar surface area (TPSA) is 427 Å². The zero-order valence-corrected chi connectivity index (χ0v) is 30.7. The van der Waals surface area contributed by atoms with Crippen LogP contribution in [0.2, 0.25) is 0 Å². The van der Waals surface area contributed by atoms with Crippen LogP contribution in [0.4, 0.5) is 11.9 Å². The van der Waals surface area contributed by atoms with Crippen molar-refractivity contribution >= 4 is 57.7 Å². The Labute approximate surface area is 309 Å². The molecule has 32 heteroatoms. The van der Waals surface area contributed by atoms with E-state index < -0.39 is 96.9 Å². The summed E-state index contributed by atoms with van der Waals surface area (Å²) in [7, 11) is -17.4. The molecule has 0 amide bonds. The van der Waals surface area contributed by atoms with Crippen molar-refractivity contribution in [1.82, 2.24) is 39.0 Å². The van der Waals surface area contributed by atoms with Crippen molar-refractivity contribution in [3.05, 3.63) is 33.4 Å². The minimum atomic E-state index is -6.00. The van der Waals surface area contributed by atoms with Gasteiger partial charge in [-0.05, 0) is 0 Å². The van der Waals surface area contributed by atoms with Crippen molar-refractivity contribution < 1.29 is 107 Å². The molecule has 6 heterocycles. The van der Waals surface area contributed by atoms with Crippen LogP contribution in [0.1, 0.15) is 13.9 Å². The molecule has 4 aromatic heterocycles. The summed E-state index contributed by atoms with van der Waals surface area (Å²) < 4.78 is 68.6. The molecule has 2 saturated heterocycles. The number of aliphatic hydroxyl groups is 4. The van der Waals surface area contributed by atoms with Gasteiger partial charge in [-0.3, -0.25) is 37.7 Å². The number of aromatic nitrogens is 8. The first kappa shape index (κ1) is 40.7. The van der Waals surface area contributed by atoms with Crippen molar-refractivity contribution in [1.29, 1.82) is 0 Å². The van der Waals surface area contributed by atoms with Gasteiger partial charge in [0.2, 0.25) is 11.9 Å². The van der Waals surface area contributed by atoms with Crippen LogP contribution in [0.15, 0.2) is 22.2 Å². The maximum atomic E-state index is 13.6. The molecule has 28 nitrogen and oxygen atoms in total. The largest absolute Gasteiger partial charge is 1.00 e. The number of hydrogen-bond donors (Lipinski definition) is 11. The van der Waals surface area contributed by atoms with Crippen molar-refractivity contribution in [3.8, 4) is 0 Å². The first-order chi connectivity index (χ1) is 23.8. The molecule has 5 unspecified atom stereocenters. The van der Waals surface area contributed by atoms with Gasteiger partial charge in [-0.25, -0.2) is 23.7 Å². The molecule has 0 aromatic carbocycles. The molecule has 52 heavy (non-hydrogen) atoms. The van der Waals surface area contributed by atoms with E-state index in [9.17, 15) is 48.6 Å². The molecule has 0 saturated carbocycles. The van der Waals surface area contributed by atoms with E-state index in [-0.39, 0.29) is 65.2 Å². The summed E-state index contributed by atoms with van der Waals surface area (Å²) in [5.41, 5.74) is 8.89. The van der Waals surface area contributed by atoms with Gasteiger partial charge >= 0.3 is 53.0 Å². The molecule has 13 N–H and O–H groups in total. The molecule has 0 bridgehead atoms. The minimum Gasteiger partial charge on any atom is -1.00 e. The molecule has 282 valence electrons. The summed E-state index contributed by atoms with van der Waals surface area (Å²) in [5.74, 6) is -0.651. The Balaban J connectivity index is 0.00000314. The number of nitrogen functional groups attached to an aromatic ring is 2. The Morgan fingerprint density at radius 3 is 1.54 bits per heavy atom. The fraction of sp³-hybridized carbons (Fsp3) is 0.500. The first-order valence-electron chi connectivity index (χ1n) is 13.9. The number of nitrogens with two attached hydrogens (primary N) is 2. The predicted octanol–water partition coefficient (Wildman–Crippen LogP) is -6.86. The summed E-state index contributed by atoms with van der Waals surface area (Å²) >= 11 is 0. The van der Waals surface area contributed by atoms with Gasteiger partial charge in [0.25, 0.3) is 11.1 Å². The number of aromatic amines is 2. The predicted molar refractivity (Wildman–Crippen MR) is 162 cm³/mol. The Hall–Kier alpha value is -2.53. The number of nitrogens with one attached hydrogen (secondary N) is 2. The number of fused-ring (bicyclic) bond motifs is 2. The first-order valence-corrected chi connectivity index (χ1v) is 18.4. The van der Waals surface area contributed by atoms with Crippen molar-refractivity contribution in [2.24, 2.45) is 0 Å². The van der Waals surface area contributed by atoms with Crippen LogP contribution in [-0.4, -0.2) is 124 Å². The molecule has 2 aliphatic heterocycles. The van der Waals surface area contributed by atoms with Gasteiger partial charge in [-0.15, -0.1) is 0 Å². The number of H-pyrrole nitrogens is 2. The van der Waals surface area contributed by atoms with Crippen LogP contribution in [0.25, 0.3) is 22.3 Å². The van der Waals surface area contributed by atoms with Crippen LogP contribution < -0.4 is 52.1 Å². The Morgan fingerprint density at radius 1 is 0.750 bits per heavy atom. The fourth-order valence-electron chi connectivity index (χ4n) is 5.14. The summed E-state index contributed by atoms with van der Waals surface area (Å²) in [4.78, 5) is 72.2. The third-order valence-electron chi connectivity index (χ3n) is 7.33. The van der Waals surface area contributed by atoms with E-state index >= 15 is 0 Å². The Morgan fingerprint density at radius 2 is 1.15 bits per heavy atom. The quantitative estimate of drug-likeness (QED) is 0.0468. The second kappa shape index (κ2) is 15.0. The monoisotopic (exact) mass is 812 g/mol. The molecule has 4 aromatic rings. The van der Waals surface area contributed by atoms with Gasteiger partial charge in [0.1, 0.15) is 36.6 Å². The number of nitrogens with zero attached hydrogens (tertiary/aromatic N) is 6. The molecule has 6 rings (SSSR count). The number of anilines is 2. The Bertz CT molecular complexity index is 2110. The normalized spacial score (nSPS) is 28.9. The average molecular weight is 812 g/mol. The molecular weight excluding hydrogens is 784 g/mol. The summed E-state index contributed by atoms with van der Waals surface area (Å²) in [5, 5.41) is 42.7. The molecule has 0 spiro atoms. The van der Waals surface area contributed by atoms with Gasteiger partial charge in [0.15, 0.2) is 34.8 Å². The Kier molecular flexibility index (Phi) is 11.7. The van der Waals surface area contributed by atoms with Crippen LogP contribution >= 0.6 is 23.5 Å². The summed E-state index contributed by atoms with van der Waals surface area (Å²) in [6.07, 6.45) is -11.7. The number of phosphoric ester groups is 1. The van der Waals surface area contributed by atoms with E-state index in [2.05, 4.69) is 38.5 Å². The van der Waals surface area contributed by atoms with E-state index in [0.29, 0.717) is 0 Å². The van der Waals surface area contributed by atoms with Gasteiger partial charge in [-0.2, -0.15) is 18.6 Å². The van der Waals surface area contributed by atoms with Gasteiger partial charge in [-0.1, -0.05) is 0 Å². The molecule has 2 fully saturated rings. The minimum absolute atomic E-state index is 0. The molecule has 9 atom stereocenters. The van der Waals surface area contributed by atoms with E-state index in [0.717, 1.165) is 21.8 Å². The maximum absolute atomic E-state index is 13.6. The maximum Gasteiger partial charge on any atom is 1.00 e. The molecule has 0 aliphatic carbocycles. The SMILES string of the molecule is Nc1nc2c(ncn2[C@@H]2O[C@H](COP(=O)(OC[C@H]3O[C@@H](n4cnc5c(=O)[nH]c(N)nc54)C(O)C3O)OP(=O)(O)OP(=O)(O)O)C(O)C2O)c(=O)[nH]1.[H-].[Na+]. The van der Waals surface area contributed by atoms with E-state index in [1.165, 1.54) is 0 Å². The number of phosphoric acid groups is 3. The van der Waals surface area contributed by atoms with E-state index in [4.69, 9.17) is 39.8 Å². The van der Waals surface area contributed by atoms with Gasteiger partial charge in [0, 0.05) is 0 Å². The molecule has 0 radical (unpaired) electrons. The van der Waals surface area contributed by atoms with Crippen LogP contribution in [0, 0.1) is 0 Å². The second-order valence-corrected chi connectivity index (χ2v) is 15.4. The van der Waals surface area contributed by atoms with Crippen molar-refractivity contribution in [3.63, 3.8) is 0 Å². The van der Waals surface area contributed by atoms with Crippen molar-refractivity contribution in [2.75, 3.05) is 24.7 Å². The average Bonchev–Trinajstić information content (AvgIpc) is 3.75.